The third-order valence-corrected chi connectivity index (χ3v) is 5.88. The Hall–Kier alpha value is -2.12. The van der Waals surface area contributed by atoms with E-state index in [1.54, 1.807) is 37.4 Å². The van der Waals surface area contributed by atoms with Crippen molar-refractivity contribution < 1.29 is 23.5 Å². The molecule has 0 radical (unpaired) electrons. The van der Waals surface area contributed by atoms with E-state index in [9.17, 15) is 9.59 Å². The summed E-state index contributed by atoms with van der Waals surface area (Å²) in [7, 11) is 2.86. The molecule has 3 rings (SSSR count). The second kappa shape index (κ2) is 8.49. The van der Waals surface area contributed by atoms with Crippen LogP contribution in [0.3, 0.4) is 0 Å². The zero-order chi connectivity index (χ0) is 20.4. The fraction of sp³-hybridized carbons (Fsp3) is 0.238. The van der Waals surface area contributed by atoms with Gasteiger partial charge in [-0.1, -0.05) is 37.3 Å². The number of methoxy groups -OCH3 is 2. The topological polar surface area (TPSA) is 65.7 Å². The van der Waals surface area contributed by atoms with Crippen LogP contribution >= 0.6 is 31.9 Å². The highest BCUT2D eigenvalue weighted by Gasteiger charge is 2.33. The maximum absolute atomic E-state index is 13.4. The highest BCUT2D eigenvalue weighted by atomic mass is 79.9. The molecule has 0 saturated heterocycles. The lowest BCUT2D eigenvalue weighted by Crippen LogP contribution is -2.16. The summed E-state index contributed by atoms with van der Waals surface area (Å²) in [5.74, 6) is -0.559. The monoisotopic (exact) mass is 508 g/mol. The molecule has 0 aliphatic rings. The molecule has 28 heavy (non-hydrogen) atoms. The van der Waals surface area contributed by atoms with E-state index in [0.717, 1.165) is 0 Å². The molecule has 7 heteroatoms. The maximum Gasteiger partial charge on any atom is 0.316 e. The summed E-state index contributed by atoms with van der Waals surface area (Å²) >= 11 is 6.99. The zero-order valence-electron chi connectivity index (χ0n) is 15.5. The summed E-state index contributed by atoms with van der Waals surface area (Å²) in [6, 6.07) is 10.6. The first-order valence-corrected chi connectivity index (χ1v) is 10.2. The minimum absolute atomic E-state index is 0.234. The van der Waals surface area contributed by atoms with Gasteiger partial charge in [0.2, 0.25) is 0 Å². The Labute approximate surface area is 179 Å². The van der Waals surface area contributed by atoms with Gasteiger partial charge in [-0.05, 0) is 44.3 Å². The minimum Gasteiger partial charge on any atom is -0.494 e. The van der Waals surface area contributed by atoms with Gasteiger partial charge >= 0.3 is 5.97 Å². The lowest BCUT2D eigenvalue weighted by Gasteiger charge is -2.12. The Kier molecular flexibility index (Phi) is 6.25. The highest BCUT2D eigenvalue weighted by Crippen LogP contribution is 2.45. The van der Waals surface area contributed by atoms with Crippen LogP contribution in [-0.2, 0) is 9.53 Å². The minimum atomic E-state index is -0.697. The van der Waals surface area contributed by atoms with Crippen molar-refractivity contribution in [2.45, 2.75) is 19.3 Å². The third-order valence-electron chi connectivity index (χ3n) is 4.53. The molecule has 1 atom stereocenters. The summed E-state index contributed by atoms with van der Waals surface area (Å²) < 4.78 is 17.7. The van der Waals surface area contributed by atoms with Gasteiger partial charge in [-0.3, -0.25) is 9.59 Å². The molecule has 0 aliphatic heterocycles. The van der Waals surface area contributed by atoms with E-state index < -0.39 is 11.9 Å². The van der Waals surface area contributed by atoms with E-state index in [-0.39, 0.29) is 5.78 Å². The Morgan fingerprint density at radius 3 is 2.39 bits per heavy atom. The van der Waals surface area contributed by atoms with E-state index >= 15 is 0 Å². The van der Waals surface area contributed by atoms with Crippen molar-refractivity contribution >= 4 is 54.6 Å². The average Bonchev–Trinajstić information content (AvgIpc) is 3.07. The van der Waals surface area contributed by atoms with Gasteiger partial charge in [-0.25, -0.2) is 0 Å². The number of carbonyl (C=O) groups is 2. The first kappa shape index (κ1) is 20.6. The number of hydrogen-bond acceptors (Lipinski definition) is 5. The van der Waals surface area contributed by atoms with Crippen molar-refractivity contribution in [1.29, 1.82) is 0 Å². The molecule has 0 amide bonds. The molecule has 5 nitrogen and oxygen atoms in total. The summed E-state index contributed by atoms with van der Waals surface area (Å²) in [6.07, 6.45) is 0.428. The Bertz CT molecular complexity index is 1040. The van der Waals surface area contributed by atoms with Crippen LogP contribution in [0, 0.1) is 0 Å². The van der Waals surface area contributed by atoms with E-state index in [1.165, 1.54) is 7.11 Å². The van der Waals surface area contributed by atoms with Crippen LogP contribution < -0.4 is 4.74 Å². The zero-order valence-corrected chi connectivity index (χ0v) is 18.7. The number of benzene rings is 2. The number of esters is 1. The fourth-order valence-corrected chi connectivity index (χ4v) is 4.78. The fourth-order valence-electron chi connectivity index (χ4n) is 3.18. The van der Waals surface area contributed by atoms with Crippen molar-refractivity contribution in [2.75, 3.05) is 14.2 Å². The standard InChI is InChI=1S/C21H18Br2O5/c1-4-12(21(25)27-3)19-16(18(24)11-8-6-5-7-9-11)15-14(28-19)10-13(22)20(26-2)17(15)23/h5-10,12H,4H2,1-3H3. The van der Waals surface area contributed by atoms with Crippen molar-refractivity contribution in [3.05, 3.63) is 62.2 Å². The van der Waals surface area contributed by atoms with Crippen molar-refractivity contribution in [1.82, 2.24) is 0 Å². The summed E-state index contributed by atoms with van der Waals surface area (Å²) in [6.45, 7) is 1.84. The Balaban J connectivity index is 2.38. The van der Waals surface area contributed by atoms with Crippen LogP contribution in [0.2, 0.25) is 0 Å². The molecule has 0 N–H and O–H groups in total. The number of hydrogen-bond donors (Lipinski definition) is 0. The van der Waals surface area contributed by atoms with Crippen LogP contribution in [0.25, 0.3) is 11.0 Å². The second-order valence-corrected chi connectivity index (χ2v) is 7.75. The number of ketones is 1. The van der Waals surface area contributed by atoms with Crippen molar-refractivity contribution in [2.24, 2.45) is 0 Å². The number of furan rings is 1. The van der Waals surface area contributed by atoms with Crippen LogP contribution in [0.15, 0.2) is 49.8 Å². The Morgan fingerprint density at radius 2 is 1.82 bits per heavy atom. The SMILES string of the molecule is CCC(C(=O)OC)c1oc2cc(Br)c(OC)c(Br)c2c1C(=O)c1ccccc1. The molecular formula is C21H18Br2O5. The molecule has 0 fully saturated rings. The molecule has 3 aromatic rings. The number of carbonyl (C=O) groups excluding carboxylic acids is 2. The van der Waals surface area contributed by atoms with E-state index in [2.05, 4.69) is 31.9 Å². The van der Waals surface area contributed by atoms with Gasteiger partial charge in [0.05, 0.1) is 28.7 Å². The van der Waals surface area contributed by atoms with Gasteiger partial charge in [-0.15, -0.1) is 0 Å². The summed E-state index contributed by atoms with van der Waals surface area (Å²) in [5, 5.41) is 0.561. The molecule has 0 aliphatic carbocycles. The van der Waals surface area contributed by atoms with E-state index in [0.29, 0.717) is 49.0 Å². The first-order chi connectivity index (χ1) is 13.4. The third kappa shape index (κ3) is 3.49. The molecule has 1 aromatic heterocycles. The molecule has 0 spiro atoms. The average molecular weight is 510 g/mol. The molecule has 146 valence electrons. The van der Waals surface area contributed by atoms with Crippen molar-refractivity contribution in [3.63, 3.8) is 0 Å². The van der Waals surface area contributed by atoms with Gasteiger partial charge in [-0.2, -0.15) is 0 Å². The summed E-state index contributed by atoms with van der Waals surface area (Å²) in [4.78, 5) is 25.8. The highest BCUT2D eigenvalue weighted by molar-refractivity contribution is 9.11. The number of ether oxygens (including phenoxy) is 2. The lowest BCUT2D eigenvalue weighted by atomic mass is 9.93. The molecule has 0 bridgehead atoms. The predicted octanol–water partition coefficient (Wildman–Crippen LogP) is 5.86. The maximum atomic E-state index is 13.4. The van der Waals surface area contributed by atoms with Gasteiger partial charge in [0.15, 0.2) is 5.78 Å². The lowest BCUT2D eigenvalue weighted by molar-refractivity contribution is -0.142. The van der Waals surface area contributed by atoms with Gasteiger partial charge in [0.25, 0.3) is 0 Å². The second-order valence-electron chi connectivity index (χ2n) is 6.10. The smallest absolute Gasteiger partial charge is 0.316 e. The van der Waals surface area contributed by atoms with Crippen LogP contribution in [0.4, 0.5) is 0 Å². The largest absolute Gasteiger partial charge is 0.494 e. The van der Waals surface area contributed by atoms with Gasteiger partial charge < -0.3 is 13.9 Å². The van der Waals surface area contributed by atoms with E-state index in [4.69, 9.17) is 13.9 Å². The predicted molar refractivity (Wildman–Crippen MR) is 113 cm³/mol. The number of fused-ring (bicyclic) bond motifs is 1. The van der Waals surface area contributed by atoms with Crippen LogP contribution in [0.1, 0.15) is 40.9 Å². The molecular weight excluding hydrogens is 492 g/mol. The Morgan fingerprint density at radius 1 is 1.14 bits per heavy atom. The number of rotatable bonds is 6. The molecule has 1 heterocycles. The van der Waals surface area contributed by atoms with Gasteiger partial charge in [0, 0.05) is 10.9 Å². The molecule has 0 saturated carbocycles. The first-order valence-electron chi connectivity index (χ1n) is 8.60. The summed E-state index contributed by atoms with van der Waals surface area (Å²) in [5.41, 5.74) is 1.30. The number of halogens is 2. The van der Waals surface area contributed by atoms with E-state index in [1.807, 2.05) is 13.0 Å². The quantitative estimate of drug-likeness (QED) is 0.307. The molecule has 2 aromatic carbocycles. The van der Waals surface area contributed by atoms with Crippen LogP contribution in [-0.4, -0.2) is 26.0 Å². The molecule has 1 unspecified atom stereocenters. The normalized spacial score (nSPS) is 12.0. The van der Waals surface area contributed by atoms with Crippen molar-refractivity contribution in [3.8, 4) is 5.75 Å². The van der Waals surface area contributed by atoms with Crippen LogP contribution in [0.5, 0.6) is 5.75 Å². The van der Waals surface area contributed by atoms with Gasteiger partial charge in [0.1, 0.15) is 23.0 Å².